The smallest absolute Gasteiger partial charge is 0.227 e. The summed E-state index contributed by atoms with van der Waals surface area (Å²) in [4.78, 5) is 14.1. The molecule has 0 aromatic heterocycles. The Labute approximate surface area is 85.8 Å². The number of nitrogens with one attached hydrogen (secondary N) is 1. The van der Waals surface area contributed by atoms with Crippen molar-refractivity contribution in [2.45, 2.75) is 26.2 Å². The lowest BCUT2D eigenvalue weighted by Crippen LogP contribution is -2.42. The highest BCUT2D eigenvalue weighted by atomic mass is 16.2. The average molecular weight is 196 g/mol. The number of carbonyl (C=O) groups excluding carboxylic acids is 1. The molecule has 0 bridgehead atoms. The van der Waals surface area contributed by atoms with Gasteiger partial charge in [0.1, 0.15) is 0 Å². The lowest BCUT2D eigenvalue weighted by molar-refractivity contribution is -0.136. The normalized spacial score (nSPS) is 33.4. The quantitative estimate of drug-likeness (QED) is 0.674. The molecule has 2 fully saturated rings. The van der Waals surface area contributed by atoms with E-state index < -0.39 is 0 Å². The Bertz CT molecular complexity index is 211. The maximum atomic E-state index is 12.0. The summed E-state index contributed by atoms with van der Waals surface area (Å²) in [7, 11) is 0. The van der Waals surface area contributed by atoms with Gasteiger partial charge in [-0.05, 0) is 31.7 Å². The molecule has 3 nitrogen and oxygen atoms in total. The van der Waals surface area contributed by atoms with Crippen molar-refractivity contribution in [2.24, 2.45) is 11.8 Å². The number of amides is 1. The maximum absolute atomic E-state index is 12.0. The molecule has 0 aromatic carbocycles. The van der Waals surface area contributed by atoms with Crippen LogP contribution < -0.4 is 5.32 Å². The second-order valence-electron chi connectivity index (χ2n) is 4.72. The van der Waals surface area contributed by atoms with Crippen LogP contribution in [0.1, 0.15) is 26.2 Å². The van der Waals surface area contributed by atoms with Gasteiger partial charge in [0.25, 0.3) is 0 Å². The van der Waals surface area contributed by atoms with Crippen molar-refractivity contribution < 1.29 is 4.79 Å². The van der Waals surface area contributed by atoms with Gasteiger partial charge in [-0.3, -0.25) is 4.79 Å². The van der Waals surface area contributed by atoms with E-state index in [0.29, 0.717) is 11.8 Å². The van der Waals surface area contributed by atoms with E-state index in [0.717, 1.165) is 32.6 Å². The summed E-state index contributed by atoms with van der Waals surface area (Å²) in [6.45, 7) is 6.12. The monoisotopic (exact) mass is 196 g/mol. The van der Waals surface area contributed by atoms with Crippen molar-refractivity contribution in [3.8, 4) is 0 Å². The number of hydrogen-bond donors (Lipinski definition) is 1. The summed E-state index contributed by atoms with van der Waals surface area (Å²) in [6.07, 6.45) is 3.50. The summed E-state index contributed by atoms with van der Waals surface area (Å²) in [5.41, 5.74) is 0. The van der Waals surface area contributed by atoms with E-state index in [2.05, 4.69) is 17.1 Å². The first-order chi connectivity index (χ1) is 6.77. The zero-order valence-corrected chi connectivity index (χ0v) is 8.96. The van der Waals surface area contributed by atoms with Crippen LogP contribution in [-0.2, 0) is 4.79 Å². The predicted molar refractivity (Wildman–Crippen MR) is 56.0 cm³/mol. The van der Waals surface area contributed by atoms with Gasteiger partial charge in [-0.2, -0.15) is 0 Å². The fourth-order valence-electron chi connectivity index (χ4n) is 2.51. The highest BCUT2D eigenvalue weighted by molar-refractivity contribution is 5.79. The third kappa shape index (κ3) is 2.08. The lowest BCUT2D eigenvalue weighted by atomic mass is 9.98. The average Bonchev–Trinajstić information content (AvgIpc) is 2.69. The van der Waals surface area contributed by atoms with Crippen LogP contribution >= 0.6 is 0 Å². The molecule has 1 amide bonds. The molecule has 0 saturated carbocycles. The Kier molecular flexibility index (Phi) is 3.06. The van der Waals surface area contributed by atoms with Crippen molar-refractivity contribution in [2.75, 3.05) is 26.2 Å². The molecule has 14 heavy (non-hydrogen) atoms. The van der Waals surface area contributed by atoms with Gasteiger partial charge in [0, 0.05) is 19.6 Å². The lowest BCUT2D eigenvalue weighted by Gasteiger charge is -2.32. The van der Waals surface area contributed by atoms with Crippen LogP contribution in [0.4, 0.5) is 0 Å². The molecule has 3 heteroatoms. The molecule has 0 radical (unpaired) electrons. The van der Waals surface area contributed by atoms with Gasteiger partial charge in [-0.15, -0.1) is 0 Å². The van der Waals surface area contributed by atoms with E-state index in [1.807, 2.05) is 0 Å². The second-order valence-corrected chi connectivity index (χ2v) is 4.72. The van der Waals surface area contributed by atoms with E-state index in [4.69, 9.17) is 0 Å². The van der Waals surface area contributed by atoms with Gasteiger partial charge in [0.05, 0.1) is 5.92 Å². The fourth-order valence-corrected chi connectivity index (χ4v) is 2.51. The highest BCUT2D eigenvalue weighted by Gasteiger charge is 2.29. The third-order valence-electron chi connectivity index (χ3n) is 3.38. The molecule has 2 rings (SSSR count). The van der Waals surface area contributed by atoms with Crippen LogP contribution in [0.25, 0.3) is 0 Å². The Balaban J connectivity index is 1.89. The fraction of sp³-hybridized carbons (Fsp3) is 0.909. The summed E-state index contributed by atoms with van der Waals surface area (Å²) >= 11 is 0. The summed E-state index contributed by atoms with van der Waals surface area (Å²) in [5, 5.41) is 3.26. The molecular formula is C11H20N2O. The first-order valence-corrected chi connectivity index (χ1v) is 5.77. The first-order valence-electron chi connectivity index (χ1n) is 5.77. The van der Waals surface area contributed by atoms with Gasteiger partial charge in [0.15, 0.2) is 0 Å². The Morgan fingerprint density at radius 2 is 2.29 bits per heavy atom. The largest absolute Gasteiger partial charge is 0.342 e. The molecule has 2 heterocycles. The number of carbonyl (C=O) groups is 1. The molecule has 2 aliphatic heterocycles. The first kappa shape index (κ1) is 9.97. The number of nitrogens with zero attached hydrogens (tertiary/aromatic N) is 1. The minimum atomic E-state index is 0.264. The van der Waals surface area contributed by atoms with Gasteiger partial charge in [-0.1, -0.05) is 6.92 Å². The van der Waals surface area contributed by atoms with Gasteiger partial charge < -0.3 is 10.2 Å². The van der Waals surface area contributed by atoms with Crippen molar-refractivity contribution >= 4 is 5.91 Å². The van der Waals surface area contributed by atoms with Gasteiger partial charge in [-0.25, -0.2) is 0 Å². The summed E-state index contributed by atoms with van der Waals surface area (Å²) < 4.78 is 0. The van der Waals surface area contributed by atoms with Crippen molar-refractivity contribution in [1.29, 1.82) is 0 Å². The van der Waals surface area contributed by atoms with Crippen molar-refractivity contribution in [3.05, 3.63) is 0 Å². The molecule has 2 aliphatic rings. The second kappa shape index (κ2) is 4.30. The molecule has 0 aromatic rings. The van der Waals surface area contributed by atoms with E-state index in [-0.39, 0.29) is 5.92 Å². The molecule has 2 atom stereocenters. The summed E-state index contributed by atoms with van der Waals surface area (Å²) in [6, 6.07) is 0. The Morgan fingerprint density at radius 1 is 1.43 bits per heavy atom. The minimum absolute atomic E-state index is 0.264. The van der Waals surface area contributed by atoms with Crippen LogP contribution in [0.2, 0.25) is 0 Å². The van der Waals surface area contributed by atoms with E-state index in [9.17, 15) is 4.79 Å². The van der Waals surface area contributed by atoms with Crippen LogP contribution in [0, 0.1) is 11.8 Å². The molecule has 0 unspecified atom stereocenters. The number of hydrogen-bond acceptors (Lipinski definition) is 2. The Hall–Kier alpha value is -0.570. The topological polar surface area (TPSA) is 32.3 Å². The third-order valence-corrected chi connectivity index (χ3v) is 3.38. The molecule has 2 saturated heterocycles. The van der Waals surface area contributed by atoms with Crippen LogP contribution in [-0.4, -0.2) is 37.0 Å². The maximum Gasteiger partial charge on any atom is 0.227 e. The summed E-state index contributed by atoms with van der Waals surface area (Å²) in [5.74, 6) is 1.35. The van der Waals surface area contributed by atoms with Crippen LogP contribution in [0.3, 0.4) is 0 Å². The molecule has 80 valence electrons. The zero-order chi connectivity index (χ0) is 9.97. The van der Waals surface area contributed by atoms with E-state index in [1.54, 1.807) is 0 Å². The molecule has 0 aliphatic carbocycles. The Morgan fingerprint density at radius 3 is 2.93 bits per heavy atom. The molecule has 1 N–H and O–H groups in total. The van der Waals surface area contributed by atoms with Gasteiger partial charge in [0.2, 0.25) is 5.91 Å². The highest BCUT2D eigenvalue weighted by Crippen LogP contribution is 2.19. The number of likely N-dealkylation sites (tertiary alicyclic amines) is 1. The van der Waals surface area contributed by atoms with Gasteiger partial charge >= 0.3 is 0 Å². The minimum Gasteiger partial charge on any atom is -0.342 e. The van der Waals surface area contributed by atoms with Crippen molar-refractivity contribution in [3.63, 3.8) is 0 Å². The van der Waals surface area contributed by atoms with E-state index in [1.165, 1.54) is 12.8 Å². The standard InChI is InChI=1S/C11H20N2O/c1-9-3-2-6-13(8-9)11(14)10-4-5-12-7-10/h9-10,12H,2-8H2,1H3/t9-,10+/m1/s1. The molecular weight excluding hydrogens is 176 g/mol. The van der Waals surface area contributed by atoms with E-state index >= 15 is 0 Å². The number of piperidine rings is 1. The number of rotatable bonds is 1. The zero-order valence-electron chi connectivity index (χ0n) is 8.96. The van der Waals surface area contributed by atoms with Crippen LogP contribution in [0.15, 0.2) is 0 Å². The van der Waals surface area contributed by atoms with Crippen molar-refractivity contribution in [1.82, 2.24) is 10.2 Å². The molecule has 0 spiro atoms. The van der Waals surface area contributed by atoms with Crippen LogP contribution in [0.5, 0.6) is 0 Å². The SMILES string of the molecule is C[C@@H]1CCCN(C(=O)[C@H]2CCNC2)C1. The predicted octanol–water partition coefficient (Wildman–Crippen LogP) is 0.854.